The van der Waals surface area contributed by atoms with E-state index in [1.807, 2.05) is 6.07 Å². The van der Waals surface area contributed by atoms with Crippen LogP contribution in [0, 0.1) is 11.7 Å². The Kier molecular flexibility index (Phi) is 4.23. The zero-order valence-corrected chi connectivity index (χ0v) is 32.8. The van der Waals surface area contributed by atoms with Crippen LogP contribution >= 0.6 is 0 Å². The van der Waals surface area contributed by atoms with E-state index in [1.165, 1.54) is 48.7 Å². The molecular formula is C56H32FNO2. The molecule has 1 saturated heterocycles. The summed E-state index contributed by atoms with van der Waals surface area (Å²) in [4.78, 5) is 2.82. The first-order chi connectivity index (χ1) is 29.6. The number of ether oxygens (including phenoxy) is 2. The number of likely N-dealkylation sites (tertiary alicyclic amines) is 1. The predicted molar refractivity (Wildman–Crippen MR) is 244 cm³/mol. The van der Waals surface area contributed by atoms with Gasteiger partial charge in [-0.3, -0.25) is 4.90 Å². The van der Waals surface area contributed by atoms with Gasteiger partial charge in [0.05, 0.1) is 19.8 Å². The van der Waals surface area contributed by atoms with Crippen LogP contribution in [-0.2, 0) is 27.7 Å². The highest BCUT2D eigenvalue weighted by Crippen LogP contribution is 2.70. The number of nitrogens with zero attached hydrogens (tertiary/aromatic N) is 1. The summed E-state index contributed by atoms with van der Waals surface area (Å²) in [7, 11) is 1.75. The number of hydrogen-bond acceptors (Lipinski definition) is 3. The molecule has 4 heteroatoms. The smallest absolute Gasteiger partial charge is 0.123 e. The SMILES string of the molecule is COCCOCCN1CC2C3=c4c5c6c7c(cc8cc9cc%10cc%11cc%12c%13c(c4c4c5c5c7c8c7c9c%10c8c%11c%13c4c8c75)=C(C3)C%12)CC62C1c1ccc2cc(F)ccc2c1. The Morgan fingerprint density at radius 2 is 1.20 bits per heavy atom. The molecule has 0 amide bonds. The molecule has 0 bridgehead atoms. The molecule has 1 fully saturated rings. The third-order valence-corrected chi connectivity index (χ3v) is 18.0. The van der Waals surface area contributed by atoms with Crippen molar-refractivity contribution >= 4 is 140 Å². The van der Waals surface area contributed by atoms with Crippen LogP contribution in [0.2, 0.25) is 0 Å². The standard InChI is InChI=1S/C56H32FNO2/c1-59-8-9-60-7-6-58-20-33-32-18-29-15-26-13-27-12-24-11-25-14-28-16-30-19-56(33,55(58)23-3-2-22-17-31(57)5-4-21(22)10-23)54-40(30)45-39(28)44-35(25)34(24)42-38(27)43-36(26)37(29)46-41(32)53(54)52-50(45)48(44)47(42)49(43)51(46)52/h2-5,10-14,16-17,33,55H,6-9,15,18-20H2,1H3. The van der Waals surface area contributed by atoms with E-state index in [9.17, 15) is 4.39 Å². The van der Waals surface area contributed by atoms with Gasteiger partial charge in [0.15, 0.2) is 0 Å². The van der Waals surface area contributed by atoms with Crippen molar-refractivity contribution in [2.75, 3.05) is 40.0 Å². The van der Waals surface area contributed by atoms with Crippen LogP contribution in [0.15, 0.2) is 66.7 Å². The Hall–Kier alpha value is -5.91. The summed E-state index contributed by atoms with van der Waals surface area (Å²) in [6.45, 7) is 3.73. The lowest BCUT2D eigenvalue weighted by Crippen LogP contribution is -2.44. The summed E-state index contributed by atoms with van der Waals surface area (Å²) in [6.07, 6.45) is 3.16. The maximum absolute atomic E-state index is 14.6. The van der Waals surface area contributed by atoms with Crippen molar-refractivity contribution in [3.8, 4) is 0 Å². The van der Waals surface area contributed by atoms with E-state index in [4.69, 9.17) is 9.47 Å². The normalized spacial score (nSPS) is 22.6. The Labute approximate surface area is 339 Å². The predicted octanol–water partition coefficient (Wildman–Crippen LogP) is 11.0. The fraction of sp³-hybridized carbons (Fsp3) is 0.214. The van der Waals surface area contributed by atoms with E-state index < -0.39 is 0 Å². The fourth-order valence-corrected chi connectivity index (χ4v) is 16.6. The first-order valence-electron chi connectivity index (χ1n) is 22.2. The van der Waals surface area contributed by atoms with Gasteiger partial charge in [0.25, 0.3) is 0 Å². The quantitative estimate of drug-likeness (QED) is 0.119. The lowest BCUT2D eigenvalue weighted by Gasteiger charge is -2.43. The van der Waals surface area contributed by atoms with Crippen LogP contribution in [0.3, 0.4) is 0 Å². The van der Waals surface area contributed by atoms with Gasteiger partial charge in [-0.15, -0.1) is 0 Å². The van der Waals surface area contributed by atoms with E-state index in [-0.39, 0.29) is 17.3 Å². The van der Waals surface area contributed by atoms with Crippen LogP contribution < -0.4 is 10.4 Å². The second kappa shape index (κ2) is 8.64. The van der Waals surface area contributed by atoms with Crippen LogP contribution in [0.1, 0.15) is 34.7 Å². The molecule has 3 nitrogen and oxygen atoms in total. The summed E-state index contributed by atoms with van der Waals surface area (Å²) in [5.41, 5.74) is 9.34. The number of fused-ring (bicyclic) bond motifs is 2. The van der Waals surface area contributed by atoms with Gasteiger partial charge in [0, 0.05) is 37.6 Å². The molecule has 0 radical (unpaired) electrons. The van der Waals surface area contributed by atoms with Crippen LogP contribution in [0.4, 0.5) is 4.39 Å². The minimum Gasteiger partial charge on any atom is -0.382 e. The number of hydrogen-bond donors (Lipinski definition) is 0. The Morgan fingerprint density at radius 1 is 0.567 bits per heavy atom. The fourth-order valence-electron chi connectivity index (χ4n) is 16.6. The van der Waals surface area contributed by atoms with Gasteiger partial charge in [0.2, 0.25) is 0 Å². The molecule has 0 N–H and O–H groups in total. The molecule has 1 spiro atoms. The Morgan fingerprint density at radius 3 is 1.98 bits per heavy atom. The van der Waals surface area contributed by atoms with E-state index in [1.54, 1.807) is 133 Å². The third-order valence-electron chi connectivity index (χ3n) is 18.0. The topological polar surface area (TPSA) is 21.7 Å². The van der Waals surface area contributed by atoms with Gasteiger partial charge in [0.1, 0.15) is 5.82 Å². The largest absolute Gasteiger partial charge is 0.382 e. The third kappa shape index (κ3) is 2.57. The summed E-state index contributed by atoms with van der Waals surface area (Å²) in [6, 6.07) is 25.3. The van der Waals surface area contributed by atoms with Crippen LogP contribution in [-0.4, -0.2) is 44.9 Å². The number of halogens is 1. The van der Waals surface area contributed by atoms with Crippen molar-refractivity contribution in [2.24, 2.45) is 5.92 Å². The van der Waals surface area contributed by atoms with Crippen LogP contribution in [0.25, 0.3) is 140 Å². The maximum Gasteiger partial charge on any atom is 0.123 e. The lowest BCUT2D eigenvalue weighted by atomic mass is 9.60. The molecule has 3 atom stereocenters. The van der Waals surface area contributed by atoms with Crippen molar-refractivity contribution in [3.05, 3.63) is 105 Å². The second-order valence-electron chi connectivity index (χ2n) is 20.0. The molecule has 3 unspecified atom stereocenters. The summed E-state index contributed by atoms with van der Waals surface area (Å²) in [5.74, 6) is 0.184. The van der Waals surface area contributed by atoms with E-state index in [2.05, 4.69) is 53.4 Å². The molecule has 0 saturated carbocycles. The van der Waals surface area contributed by atoms with Gasteiger partial charge in [-0.2, -0.15) is 0 Å². The van der Waals surface area contributed by atoms with Crippen molar-refractivity contribution in [3.63, 3.8) is 0 Å². The molecule has 4 aliphatic carbocycles. The summed E-state index contributed by atoms with van der Waals surface area (Å²) < 4.78 is 26.3. The monoisotopic (exact) mass is 769 g/mol. The van der Waals surface area contributed by atoms with Crippen molar-refractivity contribution < 1.29 is 13.9 Å². The molecule has 5 aliphatic rings. The highest BCUT2D eigenvalue weighted by molar-refractivity contribution is 6.63. The van der Waals surface area contributed by atoms with Crippen molar-refractivity contribution in [2.45, 2.75) is 30.7 Å². The molecule has 280 valence electrons. The number of rotatable bonds is 7. The van der Waals surface area contributed by atoms with Gasteiger partial charge >= 0.3 is 0 Å². The van der Waals surface area contributed by atoms with Crippen LogP contribution in [0.5, 0.6) is 0 Å². The molecular weight excluding hydrogens is 738 g/mol. The molecule has 14 aromatic rings. The molecule has 0 aromatic heterocycles. The van der Waals surface area contributed by atoms with Crippen molar-refractivity contribution in [1.29, 1.82) is 0 Å². The lowest BCUT2D eigenvalue weighted by molar-refractivity contribution is 0.0525. The van der Waals surface area contributed by atoms with Gasteiger partial charge in [-0.1, -0.05) is 41.5 Å². The summed E-state index contributed by atoms with van der Waals surface area (Å²) in [5, 5.41) is 39.3. The van der Waals surface area contributed by atoms with E-state index in [0.717, 1.165) is 43.1 Å². The Balaban J connectivity index is 1.06. The van der Waals surface area contributed by atoms with E-state index >= 15 is 0 Å². The average molecular weight is 770 g/mol. The van der Waals surface area contributed by atoms with Gasteiger partial charge < -0.3 is 9.47 Å². The second-order valence-corrected chi connectivity index (χ2v) is 20.0. The minimum absolute atomic E-state index is 0.137. The highest BCUT2D eigenvalue weighted by atomic mass is 19.1. The zero-order chi connectivity index (χ0) is 38.1. The average Bonchev–Trinajstić information content (AvgIpc) is 4.11. The first kappa shape index (κ1) is 29.3. The zero-order valence-electron chi connectivity index (χ0n) is 32.8. The van der Waals surface area contributed by atoms with E-state index in [0.29, 0.717) is 25.7 Å². The van der Waals surface area contributed by atoms with Gasteiger partial charge in [-0.25, -0.2) is 4.39 Å². The first-order valence-corrected chi connectivity index (χ1v) is 22.2. The summed E-state index contributed by atoms with van der Waals surface area (Å²) >= 11 is 0. The molecule has 1 heterocycles. The Bertz CT molecular complexity index is 4470. The minimum atomic E-state index is -0.178. The van der Waals surface area contributed by atoms with Crippen molar-refractivity contribution in [1.82, 2.24) is 4.90 Å². The molecule has 60 heavy (non-hydrogen) atoms. The molecule has 14 aromatic carbocycles. The highest BCUT2D eigenvalue weighted by Gasteiger charge is 2.62. The molecule has 19 rings (SSSR count). The molecule has 1 aliphatic heterocycles. The van der Waals surface area contributed by atoms with Gasteiger partial charge in [-0.05, 0) is 218 Å². The number of benzene rings is 10. The maximum atomic E-state index is 14.6. The number of methoxy groups -OCH3 is 1.